The smallest absolute Gasteiger partial charge is 0.255 e. The highest BCUT2D eigenvalue weighted by atomic mass is 16.5. The molecule has 12 atom stereocenters. The van der Waals surface area contributed by atoms with Crippen LogP contribution < -0.4 is 0 Å². The van der Waals surface area contributed by atoms with Crippen LogP contribution in [-0.2, 0) is 28.7 Å². The third kappa shape index (κ3) is 17.5. The maximum Gasteiger partial charge on any atom is 0.255 e. The number of aliphatic hydroxyl groups is 2. The quantitative estimate of drug-likeness (QED) is 0.0808. The molecule has 12 heterocycles. The van der Waals surface area contributed by atoms with Crippen LogP contribution >= 0.6 is 0 Å². The number of hydrogen-bond acceptors (Lipinski definition) is 16. The van der Waals surface area contributed by atoms with Gasteiger partial charge in [0.25, 0.3) is 23.6 Å². The minimum absolute atomic E-state index is 0.0112. The number of ether oxygens (including phenoxy) is 2. The summed E-state index contributed by atoms with van der Waals surface area (Å²) in [4.78, 5) is 133. The van der Waals surface area contributed by atoms with Crippen LogP contribution in [-0.4, -0.2) is 258 Å². The zero-order valence-corrected chi connectivity index (χ0v) is 73.5. The molecule has 8 aliphatic heterocycles. The van der Waals surface area contributed by atoms with Gasteiger partial charge in [0, 0.05) is 125 Å². The third-order valence-corrected chi connectivity index (χ3v) is 27.1. The number of carbonyl (C=O) groups is 8. The Morgan fingerprint density at radius 2 is 0.546 bits per heavy atom. The first-order valence-corrected chi connectivity index (χ1v) is 44.2. The number of hydrogen-bond donors (Lipinski definition) is 2. The monoisotopic (exact) mass is 1740 g/mol. The number of nitrogens with zero attached hydrogens (tertiary/aromatic N) is 12. The van der Waals surface area contributed by atoms with Crippen molar-refractivity contribution in [1.82, 2.24) is 59.1 Å². The molecule has 8 aliphatic rings. The highest BCUT2D eigenvalue weighted by molar-refractivity contribution is 6.00. The highest BCUT2D eigenvalue weighted by Gasteiger charge is 2.59. The molecule has 0 unspecified atom stereocenters. The molecule has 8 fully saturated rings. The molecule has 0 saturated carbocycles. The topological polar surface area (TPSA) is 273 Å². The van der Waals surface area contributed by atoms with Crippen molar-refractivity contribution < 1.29 is 58.0 Å². The van der Waals surface area contributed by atoms with Gasteiger partial charge in [0.15, 0.2) is 0 Å². The summed E-state index contributed by atoms with van der Waals surface area (Å²) in [5.41, 5.74) is 20.9. The van der Waals surface area contributed by atoms with Crippen molar-refractivity contribution in [2.45, 2.75) is 99.7 Å². The van der Waals surface area contributed by atoms with Gasteiger partial charge in [-0.25, -0.2) is 0 Å². The summed E-state index contributed by atoms with van der Waals surface area (Å²) < 4.78 is 10.9. The fraction of sp³-hybridized carbons (Fsp3) is 0.283. The summed E-state index contributed by atoms with van der Waals surface area (Å²) in [5, 5.41) is 20.0. The van der Waals surface area contributed by atoms with E-state index in [0.29, 0.717) is 61.6 Å². The first-order chi connectivity index (χ1) is 63.3. The first-order valence-electron chi connectivity index (χ1n) is 44.2. The van der Waals surface area contributed by atoms with E-state index < -0.39 is 0 Å². The standard InChI is InChI=1S/2C27H27N3O3.2C26H25N3O3/c1-18-6-3-4-8-22(18)19-9-11-20(12-10-19)26-23-15-29(27(32)21-7-5-13-28-14-21)16-25(31)30(23)24(26)17-33-2;1-18-5-3-4-6-22(18)19-7-9-20(10-8-19)26-23-15-29(27(32)21-11-13-28-14-12-21)16-25(31)30(23)24(26)17-33-2;1-17-5-2-3-7-21(17)18-8-10-19(11-9-18)25-22-14-28(15-24(31)29(22)23(25)16-30)26(32)20-6-4-12-27-13-20;1-17-4-2-3-5-21(17)18-6-8-19(9-7-18)25-22-14-28(15-24(31)29(22)23(25)16-30)26(32)20-10-12-27-13-11-20/h2*3-14,23-24,26H,15-17H2,1-2H3;2*2-13,22-23,25,30H,14-16H2,1H3/t2*23-,24-,26+;2*22-,23-,25+/m0000/s1. The maximum atomic E-state index is 13.0. The Morgan fingerprint density at radius 3 is 0.785 bits per heavy atom. The lowest BCUT2D eigenvalue weighted by molar-refractivity contribution is -0.161. The molecule has 2 N–H and O–H groups in total. The lowest BCUT2D eigenvalue weighted by Crippen LogP contribution is -2.73. The third-order valence-electron chi connectivity index (χ3n) is 27.1. The number of fused-ring (bicyclic) bond motifs is 4. The zero-order valence-electron chi connectivity index (χ0n) is 73.5. The van der Waals surface area contributed by atoms with Crippen molar-refractivity contribution in [3.63, 3.8) is 0 Å². The molecule has 20 rings (SSSR count). The Hall–Kier alpha value is -14.0. The highest BCUT2D eigenvalue weighted by Crippen LogP contribution is 2.49. The van der Waals surface area contributed by atoms with E-state index in [4.69, 9.17) is 9.47 Å². The molecule has 0 spiro atoms. The van der Waals surface area contributed by atoms with Gasteiger partial charge in [0.05, 0.1) is 85.9 Å². The lowest BCUT2D eigenvalue weighted by Gasteiger charge is -2.59. The van der Waals surface area contributed by atoms with Crippen LogP contribution in [0.1, 0.15) is 110 Å². The maximum absolute atomic E-state index is 13.0. The number of piperazine rings is 4. The lowest BCUT2D eigenvalue weighted by atomic mass is 9.73. The second-order valence-corrected chi connectivity index (χ2v) is 34.6. The Labute approximate surface area is 756 Å². The van der Waals surface area contributed by atoms with Crippen molar-refractivity contribution in [2.24, 2.45) is 0 Å². The van der Waals surface area contributed by atoms with Crippen molar-refractivity contribution in [1.29, 1.82) is 0 Å². The fourth-order valence-electron chi connectivity index (χ4n) is 20.7. The van der Waals surface area contributed by atoms with Crippen molar-refractivity contribution >= 4 is 47.3 Å². The number of aryl methyl sites for hydroxylation is 4. The van der Waals surface area contributed by atoms with E-state index in [9.17, 15) is 48.6 Å². The molecular weight excluding hydrogens is 1630 g/mol. The van der Waals surface area contributed by atoms with Gasteiger partial charge in [0.1, 0.15) is 26.2 Å². The molecule has 4 aromatic heterocycles. The summed E-state index contributed by atoms with van der Waals surface area (Å²) in [6.45, 7) is 11.3. The van der Waals surface area contributed by atoms with Gasteiger partial charge in [-0.3, -0.25) is 58.3 Å². The molecule has 130 heavy (non-hydrogen) atoms. The van der Waals surface area contributed by atoms with Crippen LogP contribution in [0.2, 0.25) is 0 Å². The molecule has 12 aromatic rings. The summed E-state index contributed by atoms with van der Waals surface area (Å²) in [5.74, 6) is -0.718. The molecule has 0 bridgehead atoms. The molecule has 8 saturated heterocycles. The molecule has 8 amide bonds. The van der Waals surface area contributed by atoms with Crippen LogP contribution in [0, 0.1) is 27.7 Å². The predicted molar refractivity (Wildman–Crippen MR) is 494 cm³/mol. The van der Waals surface area contributed by atoms with Gasteiger partial charge < -0.3 is 58.9 Å². The van der Waals surface area contributed by atoms with Crippen LogP contribution in [0.15, 0.2) is 292 Å². The van der Waals surface area contributed by atoms with Crippen LogP contribution in [0.25, 0.3) is 44.5 Å². The number of methoxy groups -OCH3 is 2. The normalized spacial score (nSPS) is 22.2. The molecule has 660 valence electrons. The van der Waals surface area contributed by atoms with Gasteiger partial charge in [0.2, 0.25) is 23.6 Å². The molecule has 24 heteroatoms. The summed E-state index contributed by atoms with van der Waals surface area (Å²) >= 11 is 0. The number of rotatable bonds is 18. The molecular formula is C106H104N12O12. The van der Waals surface area contributed by atoms with E-state index in [2.05, 4.69) is 205 Å². The molecule has 24 nitrogen and oxygen atoms in total. The number of amides is 8. The minimum Gasteiger partial charge on any atom is -0.394 e. The molecule has 8 aromatic carbocycles. The average molecular weight is 1740 g/mol. The molecule has 0 aliphatic carbocycles. The number of aromatic nitrogens is 4. The number of carbonyl (C=O) groups excluding carboxylic acids is 8. The predicted octanol–water partition coefficient (Wildman–Crippen LogP) is 12.8. The number of benzene rings is 8. The second-order valence-electron chi connectivity index (χ2n) is 34.6. The SMILES string of the molecule is COC[C@H]1[C@H](c2ccc(-c3ccccc3C)cc2)[C@@H]2CN(C(=O)c3cccnc3)CC(=O)N12.COC[C@H]1[C@H](c2ccc(-c3ccccc3C)cc2)[C@@H]2CN(C(=O)c3ccncc3)CC(=O)N12.Cc1ccccc1-c1ccc([C@H]2[C@H](CO)N3C(=O)CN(C(=O)c4cccnc4)C[C@@H]23)cc1.Cc1ccccc1-c1ccc([C@H]2[C@H](CO)N3C(=O)CN(C(=O)c4ccncc4)C[C@@H]23)cc1. The van der Waals surface area contributed by atoms with E-state index in [-0.39, 0.29) is 159 Å². The largest absolute Gasteiger partial charge is 0.394 e. The van der Waals surface area contributed by atoms with E-state index in [1.54, 1.807) is 136 Å². The fourth-order valence-corrected chi connectivity index (χ4v) is 20.7. The van der Waals surface area contributed by atoms with E-state index in [1.165, 1.54) is 73.0 Å². The van der Waals surface area contributed by atoms with E-state index in [0.717, 1.165) is 22.3 Å². The summed E-state index contributed by atoms with van der Waals surface area (Å²) in [6.07, 6.45) is 12.7. The Balaban J connectivity index is 0.000000121. The van der Waals surface area contributed by atoms with Gasteiger partial charge in [-0.05, 0) is 165 Å². The van der Waals surface area contributed by atoms with Gasteiger partial charge in [-0.15, -0.1) is 0 Å². The average Bonchev–Trinajstić information content (AvgIpc) is 0.737. The second kappa shape index (κ2) is 38.9. The number of aliphatic hydroxyl groups excluding tert-OH is 2. The van der Waals surface area contributed by atoms with Gasteiger partial charge >= 0.3 is 0 Å². The van der Waals surface area contributed by atoms with Crippen molar-refractivity contribution in [3.05, 3.63) is 359 Å². The van der Waals surface area contributed by atoms with E-state index >= 15 is 0 Å². The van der Waals surface area contributed by atoms with Crippen LogP contribution in [0.3, 0.4) is 0 Å². The van der Waals surface area contributed by atoms with Gasteiger partial charge in [-0.2, -0.15) is 0 Å². The Bertz CT molecular complexity index is 5730. The Morgan fingerprint density at radius 1 is 0.300 bits per heavy atom. The van der Waals surface area contributed by atoms with Crippen LogP contribution in [0.5, 0.6) is 0 Å². The van der Waals surface area contributed by atoms with Crippen molar-refractivity contribution in [3.8, 4) is 44.5 Å². The molecule has 0 radical (unpaired) electrons. The summed E-state index contributed by atoms with van der Waals surface area (Å²) in [7, 11) is 3.33. The zero-order chi connectivity index (χ0) is 90.4. The Kier molecular flexibility index (Phi) is 26.3. The minimum atomic E-state index is -0.257. The number of pyridine rings is 4. The van der Waals surface area contributed by atoms with Crippen LogP contribution in [0.4, 0.5) is 0 Å². The van der Waals surface area contributed by atoms with Gasteiger partial charge in [-0.1, -0.05) is 194 Å². The van der Waals surface area contributed by atoms with Crippen molar-refractivity contribution in [2.75, 3.05) is 93.0 Å². The summed E-state index contributed by atoms with van der Waals surface area (Å²) in [6, 6.07) is 79.8. The van der Waals surface area contributed by atoms with E-state index in [1.807, 2.05) is 46.2 Å². The first kappa shape index (κ1) is 88.0.